The molecule has 1 aromatic heterocycles. The van der Waals surface area contributed by atoms with Crippen LogP contribution < -0.4 is 5.32 Å². The van der Waals surface area contributed by atoms with Crippen molar-refractivity contribution in [2.75, 3.05) is 5.32 Å². The summed E-state index contributed by atoms with van der Waals surface area (Å²) in [5.74, 6) is 0.286. The van der Waals surface area contributed by atoms with E-state index < -0.39 is 0 Å². The molecule has 0 aliphatic carbocycles. The third kappa shape index (κ3) is 4.36. The quantitative estimate of drug-likeness (QED) is 0.634. The zero-order valence-corrected chi connectivity index (χ0v) is 16.3. The monoisotopic (exact) mass is 384 g/mol. The van der Waals surface area contributed by atoms with Crippen molar-refractivity contribution in [2.24, 2.45) is 0 Å². The SMILES string of the molecule is CCn1c(S[C@H](C)C(=O)Nc2ccc(F)cc2)nnc1-c1ccccc1C. The molecule has 2 aromatic carbocycles. The second-order valence-corrected chi connectivity index (χ2v) is 7.43. The largest absolute Gasteiger partial charge is 0.325 e. The first-order valence-corrected chi connectivity index (χ1v) is 9.60. The van der Waals surface area contributed by atoms with Gasteiger partial charge >= 0.3 is 0 Å². The Bertz CT molecular complexity index is 939. The molecule has 0 aliphatic rings. The third-order valence-electron chi connectivity index (χ3n) is 4.18. The van der Waals surface area contributed by atoms with Gasteiger partial charge < -0.3 is 9.88 Å². The Hall–Kier alpha value is -2.67. The summed E-state index contributed by atoms with van der Waals surface area (Å²) < 4.78 is 15.0. The fourth-order valence-electron chi connectivity index (χ4n) is 2.67. The van der Waals surface area contributed by atoms with Crippen LogP contribution in [0, 0.1) is 12.7 Å². The molecule has 1 N–H and O–H groups in total. The molecule has 27 heavy (non-hydrogen) atoms. The van der Waals surface area contributed by atoms with Crippen LogP contribution in [0.4, 0.5) is 10.1 Å². The van der Waals surface area contributed by atoms with Gasteiger partial charge in [0.2, 0.25) is 5.91 Å². The smallest absolute Gasteiger partial charge is 0.237 e. The van der Waals surface area contributed by atoms with E-state index in [1.807, 2.05) is 49.6 Å². The van der Waals surface area contributed by atoms with Crippen molar-refractivity contribution in [2.45, 2.75) is 37.7 Å². The van der Waals surface area contributed by atoms with Gasteiger partial charge in [-0.1, -0.05) is 36.0 Å². The molecular weight excluding hydrogens is 363 g/mol. The number of halogens is 1. The van der Waals surface area contributed by atoms with Crippen molar-refractivity contribution in [3.8, 4) is 11.4 Å². The molecule has 0 bridgehead atoms. The van der Waals surface area contributed by atoms with Crippen molar-refractivity contribution in [1.29, 1.82) is 0 Å². The number of hydrogen-bond acceptors (Lipinski definition) is 4. The predicted octanol–water partition coefficient (Wildman–Crippen LogP) is 4.53. The first-order valence-electron chi connectivity index (χ1n) is 8.72. The molecule has 3 rings (SSSR count). The zero-order chi connectivity index (χ0) is 19.4. The number of thioether (sulfide) groups is 1. The number of rotatable bonds is 6. The summed E-state index contributed by atoms with van der Waals surface area (Å²) in [6.45, 7) is 6.57. The Morgan fingerprint density at radius 2 is 1.89 bits per heavy atom. The highest BCUT2D eigenvalue weighted by atomic mass is 32.2. The first kappa shape index (κ1) is 19.1. The Balaban J connectivity index is 1.76. The van der Waals surface area contributed by atoms with E-state index in [0.717, 1.165) is 17.0 Å². The number of carbonyl (C=O) groups excluding carboxylic acids is 1. The fraction of sp³-hybridized carbons (Fsp3) is 0.250. The Morgan fingerprint density at radius 1 is 1.19 bits per heavy atom. The van der Waals surface area contributed by atoms with Crippen molar-refractivity contribution in [3.63, 3.8) is 0 Å². The molecule has 140 valence electrons. The molecule has 0 saturated heterocycles. The number of amides is 1. The van der Waals surface area contributed by atoms with Crippen LogP contribution in [0.3, 0.4) is 0 Å². The summed E-state index contributed by atoms with van der Waals surface area (Å²) in [7, 11) is 0. The van der Waals surface area contributed by atoms with Crippen LogP contribution in [0.15, 0.2) is 53.7 Å². The molecule has 1 amide bonds. The van der Waals surface area contributed by atoms with Gasteiger partial charge in [0.1, 0.15) is 5.82 Å². The number of benzene rings is 2. The van der Waals surface area contributed by atoms with Crippen LogP contribution >= 0.6 is 11.8 Å². The van der Waals surface area contributed by atoms with Crippen molar-refractivity contribution < 1.29 is 9.18 Å². The number of nitrogens with zero attached hydrogens (tertiary/aromatic N) is 3. The maximum atomic E-state index is 13.0. The van der Waals surface area contributed by atoms with E-state index in [1.54, 1.807) is 0 Å². The summed E-state index contributed by atoms with van der Waals surface area (Å²) in [5.41, 5.74) is 2.71. The van der Waals surface area contributed by atoms with Crippen molar-refractivity contribution in [1.82, 2.24) is 14.8 Å². The lowest BCUT2D eigenvalue weighted by Gasteiger charge is -2.13. The number of aryl methyl sites for hydroxylation is 1. The average molecular weight is 384 g/mol. The number of nitrogens with one attached hydrogen (secondary N) is 1. The van der Waals surface area contributed by atoms with Gasteiger partial charge in [0.05, 0.1) is 5.25 Å². The molecule has 0 fully saturated rings. The molecule has 0 saturated carbocycles. The van der Waals surface area contributed by atoms with Crippen LogP contribution in [-0.2, 0) is 11.3 Å². The summed E-state index contributed by atoms with van der Waals surface area (Å²) in [4.78, 5) is 12.4. The van der Waals surface area contributed by atoms with E-state index in [9.17, 15) is 9.18 Å². The minimum Gasteiger partial charge on any atom is -0.325 e. The lowest BCUT2D eigenvalue weighted by atomic mass is 10.1. The maximum absolute atomic E-state index is 13.0. The fourth-order valence-corrected chi connectivity index (χ4v) is 3.59. The van der Waals surface area contributed by atoms with Gasteiger partial charge in [0.15, 0.2) is 11.0 Å². The van der Waals surface area contributed by atoms with Gasteiger partial charge in [-0.15, -0.1) is 10.2 Å². The molecule has 1 heterocycles. The molecule has 0 spiro atoms. The number of hydrogen-bond donors (Lipinski definition) is 1. The molecular formula is C20H21FN4OS. The van der Waals surface area contributed by atoms with E-state index in [0.29, 0.717) is 17.4 Å². The maximum Gasteiger partial charge on any atom is 0.237 e. The molecule has 1 atom stereocenters. The highest BCUT2D eigenvalue weighted by Gasteiger charge is 2.21. The van der Waals surface area contributed by atoms with Crippen LogP contribution in [0.5, 0.6) is 0 Å². The van der Waals surface area contributed by atoms with Crippen LogP contribution in [0.2, 0.25) is 0 Å². The predicted molar refractivity (Wildman–Crippen MR) is 106 cm³/mol. The molecule has 3 aromatic rings. The van der Waals surface area contributed by atoms with Crippen LogP contribution in [0.1, 0.15) is 19.4 Å². The van der Waals surface area contributed by atoms with E-state index >= 15 is 0 Å². The van der Waals surface area contributed by atoms with E-state index in [2.05, 4.69) is 15.5 Å². The van der Waals surface area contributed by atoms with Gasteiger partial charge in [-0.05, 0) is 50.6 Å². The van der Waals surface area contributed by atoms with Gasteiger partial charge in [-0.3, -0.25) is 4.79 Å². The minimum absolute atomic E-state index is 0.172. The van der Waals surface area contributed by atoms with Gasteiger partial charge in [0.25, 0.3) is 0 Å². The molecule has 0 radical (unpaired) electrons. The topological polar surface area (TPSA) is 59.8 Å². The third-order valence-corrected chi connectivity index (χ3v) is 5.26. The normalized spacial score (nSPS) is 12.0. The van der Waals surface area contributed by atoms with Crippen molar-refractivity contribution >= 4 is 23.4 Å². The second-order valence-electron chi connectivity index (χ2n) is 6.12. The molecule has 7 heteroatoms. The second kappa shape index (κ2) is 8.35. The van der Waals surface area contributed by atoms with Crippen LogP contribution in [-0.4, -0.2) is 25.9 Å². The minimum atomic E-state index is -0.380. The average Bonchev–Trinajstić information content (AvgIpc) is 3.06. The lowest BCUT2D eigenvalue weighted by Crippen LogP contribution is -2.23. The lowest BCUT2D eigenvalue weighted by molar-refractivity contribution is -0.115. The van der Waals surface area contributed by atoms with Crippen LogP contribution in [0.25, 0.3) is 11.4 Å². The molecule has 0 unspecified atom stereocenters. The highest BCUT2D eigenvalue weighted by molar-refractivity contribution is 8.00. The van der Waals surface area contributed by atoms with Gasteiger partial charge in [-0.2, -0.15) is 0 Å². The van der Waals surface area contributed by atoms with E-state index in [4.69, 9.17) is 0 Å². The Morgan fingerprint density at radius 3 is 2.56 bits per heavy atom. The van der Waals surface area contributed by atoms with Crippen molar-refractivity contribution in [3.05, 3.63) is 59.9 Å². The first-order chi connectivity index (χ1) is 13.0. The summed E-state index contributed by atoms with van der Waals surface area (Å²) in [6, 6.07) is 13.7. The standard InChI is InChI=1S/C20H21FN4OS/c1-4-25-18(17-8-6-5-7-13(17)2)23-24-20(25)27-14(3)19(26)22-16-11-9-15(21)10-12-16/h5-12,14H,4H2,1-3H3,(H,22,26)/t14-/m1/s1. The van der Waals surface area contributed by atoms with Gasteiger partial charge in [0, 0.05) is 17.8 Å². The summed E-state index contributed by atoms with van der Waals surface area (Å²) in [6.07, 6.45) is 0. The highest BCUT2D eigenvalue weighted by Crippen LogP contribution is 2.28. The number of aromatic nitrogens is 3. The number of carbonyl (C=O) groups is 1. The Labute approximate surface area is 162 Å². The summed E-state index contributed by atoms with van der Waals surface area (Å²) in [5, 5.41) is 11.7. The van der Waals surface area contributed by atoms with Gasteiger partial charge in [-0.25, -0.2) is 4.39 Å². The molecule has 5 nitrogen and oxygen atoms in total. The van der Waals surface area contributed by atoms with E-state index in [-0.39, 0.29) is 17.0 Å². The van der Waals surface area contributed by atoms with E-state index in [1.165, 1.54) is 36.0 Å². The number of anilines is 1. The molecule has 0 aliphatic heterocycles. The Kier molecular flexibility index (Phi) is 5.91. The summed E-state index contributed by atoms with van der Waals surface area (Å²) >= 11 is 1.35. The zero-order valence-electron chi connectivity index (χ0n) is 15.4.